The van der Waals surface area contributed by atoms with Crippen molar-refractivity contribution in [1.29, 1.82) is 0 Å². The van der Waals surface area contributed by atoms with Gasteiger partial charge in [-0.15, -0.1) is 0 Å². The Kier molecular flexibility index (Phi) is 6.04. The number of ether oxygens (including phenoxy) is 2. The van der Waals surface area contributed by atoms with Crippen LogP contribution in [0.4, 0.5) is 10.5 Å². The van der Waals surface area contributed by atoms with E-state index < -0.39 is 16.1 Å². The zero-order valence-electron chi connectivity index (χ0n) is 18.3. The Bertz CT molecular complexity index is 1450. The lowest BCUT2D eigenvalue weighted by Crippen LogP contribution is -2.29. The van der Waals surface area contributed by atoms with E-state index >= 15 is 0 Å². The minimum atomic E-state index is -4.13. The zero-order chi connectivity index (χ0) is 24.5. The molecule has 2 N–H and O–H groups in total. The minimum absolute atomic E-state index is 0.0191. The van der Waals surface area contributed by atoms with Crippen LogP contribution in [0.25, 0.3) is 11.2 Å². The molecular weight excluding hydrogens is 464 g/mol. The highest BCUT2D eigenvalue weighted by molar-refractivity contribution is 7.92. The van der Waals surface area contributed by atoms with Gasteiger partial charge in [-0.3, -0.25) is 14.5 Å². The van der Waals surface area contributed by atoms with Crippen LogP contribution >= 0.6 is 0 Å². The Morgan fingerprint density at radius 3 is 2.41 bits per heavy atom. The molecule has 0 aliphatic carbocycles. The largest absolute Gasteiger partial charge is 0.457 e. The van der Waals surface area contributed by atoms with Gasteiger partial charge in [-0.25, -0.2) is 28.7 Å². The summed E-state index contributed by atoms with van der Waals surface area (Å²) in [4.78, 5) is 24.1. The molecule has 0 saturated carbocycles. The van der Waals surface area contributed by atoms with Crippen LogP contribution in [-0.4, -0.2) is 46.3 Å². The normalized spacial score (nSPS) is 11.3. The van der Waals surface area contributed by atoms with Gasteiger partial charge in [0.05, 0.1) is 11.1 Å². The fourth-order valence-corrected chi connectivity index (χ4v) is 4.42. The van der Waals surface area contributed by atoms with Crippen LogP contribution in [0.3, 0.4) is 0 Å². The van der Waals surface area contributed by atoms with Crippen LogP contribution in [0.5, 0.6) is 17.2 Å². The smallest absolute Gasteiger partial charge is 0.436 e. The van der Waals surface area contributed by atoms with E-state index in [0.29, 0.717) is 23.0 Å². The number of carbonyl (C=O) groups is 1. The van der Waals surface area contributed by atoms with Gasteiger partial charge < -0.3 is 14.0 Å². The number of nitrogens with zero attached hydrogens (tertiary/aromatic N) is 5. The number of fused-ring (bicyclic) bond motifs is 1. The van der Waals surface area contributed by atoms with Crippen LogP contribution in [-0.2, 0) is 17.1 Å². The number of aryl methyl sites for hydroxylation is 2. The zero-order valence-corrected chi connectivity index (χ0v) is 19.1. The molecule has 0 radical (unpaired) electrons. The fourth-order valence-electron chi connectivity index (χ4n) is 3.21. The molecule has 0 unspecified atom stereocenters. The Hall–Kier alpha value is -4.23. The number of rotatable bonds is 6. The number of hydrogen-bond acceptors (Lipinski definition) is 9. The maximum Gasteiger partial charge on any atom is 0.436 e. The molecule has 12 nitrogen and oxygen atoms in total. The molecule has 0 aliphatic rings. The molecule has 1 amide bonds. The number of benzene rings is 1. The lowest BCUT2D eigenvalue weighted by molar-refractivity contribution is 0.127. The van der Waals surface area contributed by atoms with E-state index in [1.54, 1.807) is 43.1 Å². The molecule has 0 fully saturated rings. The van der Waals surface area contributed by atoms with Gasteiger partial charge >= 0.3 is 6.09 Å². The molecule has 13 heteroatoms. The number of amides is 1. The summed E-state index contributed by atoms with van der Waals surface area (Å²) in [5.74, 6) is 1.34. The highest BCUT2D eigenvalue weighted by Crippen LogP contribution is 2.37. The summed E-state index contributed by atoms with van der Waals surface area (Å²) in [6.07, 6.45) is 3.13. The molecule has 0 bridgehead atoms. The van der Waals surface area contributed by atoms with Gasteiger partial charge in [0.25, 0.3) is 10.0 Å². The van der Waals surface area contributed by atoms with E-state index in [4.69, 9.17) is 14.7 Å². The van der Waals surface area contributed by atoms with E-state index in [1.165, 1.54) is 43.0 Å². The number of imidazole rings is 1. The van der Waals surface area contributed by atoms with Crippen molar-refractivity contribution in [2.45, 2.75) is 11.8 Å². The van der Waals surface area contributed by atoms with Crippen molar-refractivity contribution < 1.29 is 27.9 Å². The van der Waals surface area contributed by atoms with Crippen LogP contribution in [0.15, 0.2) is 59.9 Å². The third-order valence-corrected chi connectivity index (χ3v) is 6.80. The molecule has 0 aliphatic heterocycles. The Labute approximate surface area is 194 Å². The maximum atomic E-state index is 13.5. The number of aromatic nitrogens is 4. The topological polar surface area (TPSA) is 149 Å². The van der Waals surface area contributed by atoms with Crippen molar-refractivity contribution in [2.24, 2.45) is 7.05 Å². The first kappa shape index (κ1) is 22.9. The van der Waals surface area contributed by atoms with Gasteiger partial charge in [0.2, 0.25) is 0 Å². The molecule has 34 heavy (non-hydrogen) atoms. The number of pyridine rings is 2. The number of anilines is 1. The quantitative estimate of drug-likeness (QED) is 0.311. The van der Waals surface area contributed by atoms with Gasteiger partial charge in [-0.05, 0) is 43.3 Å². The van der Waals surface area contributed by atoms with E-state index in [-0.39, 0.29) is 21.8 Å². The highest BCUT2D eigenvalue weighted by Gasteiger charge is 2.29. The molecule has 1 aromatic carbocycles. The molecule has 4 aromatic rings. The molecule has 176 valence electrons. The van der Waals surface area contributed by atoms with Crippen molar-refractivity contribution >= 4 is 33.0 Å². The first-order valence-electron chi connectivity index (χ1n) is 9.83. The molecular formula is C21H20N6O6S. The van der Waals surface area contributed by atoms with Gasteiger partial charge in [0.1, 0.15) is 28.5 Å². The van der Waals surface area contributed by atoms with Crippen molar-refractivity contribution in [1.82, 2.24) is 25.0 Å². The van der Waals surface area contributed by atoms with Gasteiger partial charge in [-0.2, -0.15) is 0 Å². The number of sulfonamides is 1. The molecule has 4 rings (SSSR count). The summed E-state index contributed by atoms with van der Waals surface area (Å²) in [6, 6.07) is 9.17. The van der Waals surface area contributed by atoms with Crippen molar-refractivity contribution in [3.63, 3.8) is 0 Å². The first-order valence-corrected chi connectivity index (χ1v) is 11.3. The highest BCUT2D eigenvalue weighted by atomic mass is 32.2. The van der Waals surface area contributed by atoms with Gasteiger partial charge in [0.15, 0.2) is 11.4 Å². The third-order valence-electron chi connectivity index (χ3n) is 5.03. The molecule has 0 saturated heterocycles. The summed E-state index contributed by atoms with van der Waals surface area (Å²) in [5.41, 5.74) is 1.90. The summed E-state index contributed by atoms with van der Waals surface area (Å²) < 4.78 is 40.3. The summed E-state index contributed by atoms with van der Waals surface area (Å²) >= 11 is 0. The van der Waals surface area contributed by atoms with Crippen LogP contribution in [0.2, 0.25) is 0 Å². The summed E-state index contributed by atoms with van der Waals surface area (Å²) in [5, 5.41) is 8.84. The van der Waals surface area contributed by atoms with Crippen LogP contribution in [0, 0.1) is 6.92 Å². The molecule has 0 atom stereocenters. The first-order chi connectivity index (χ1) is 16.2. The average Bonchev–Trinajstić information content (AvgIpc) is 3.12. The third kappa shape index (κ3) is 4.21. The number of nitrogens with one attached hydrogen (secondary N) is 1. The SMILES string of the molecule is Cc1nc2c(N(C)S(=O)(=O)c3ccc(Oc4ccncc4)cc3)c(OC(=O)NO)cnc2n1C. The van der Waals surface area contributed by atoms with Crippen molar-refractivity contribution in [3.8, 4) is 17.2 Å². The predicted molar refractivity (Wildman–Crippen MR) is 121 cm³/mol. The van der Waals surface area contributed by atoms with E-state index in [2.05, 4.69) is 15.0 Å². The lowest BCUT2D eigenvalue weighted by Gasteiger charge is -2.22. The Morgan fingerprint density at radius 2 is 1.76 bits per heavy atom. The van der Waals surface area contributed by atoms with Crippen LogP contribution in [0.1, 0.15) is 5.82 Å². The number of hydroxylamine groups is 1. The predicted octanol–water partition coefficient (Wildman–Crippen LogP) is 2.77. The van der Waals surface area contributed by atoms with Gasteiger partial charge in [-0.1, -0.05) is 0 Å². The number of carbonyl (C=O) groups excluding carboxylic acids is 1. The standard InChI is InChI=1S/C21H20N6O6S/c1-13-24-18-19(17(33-21(28)25-29)12-23-20(18)26(13)2)27(3)34(30,31)16-6-4-14(5-7-16)32-15-8-10-22-11-9-15/h4-12,29H,1-3H3,(H,25,28). The monoisotopic (exact) mass is 484 g/mol. The molecule has 3 heterocycles. The fraction of sp³-hybridized carbons (Fsp3) is 0.143. The minimum Gasteiger partial charge on any atom is -0.457 e. The number of hydrogen-bond donors (Lipinski definition) is 2. The lowest BCUT2D eigenvalue weighted by atomic mass is 10.3. The second-order valence-corrected chi connectivity index (χ2v) is 9.06. The van der Waals surface area contributed by atoms with E-state index in [9.17, 15) is 13.2 Å². The summed E-state index contributed by atoms with van der Waals surface area (Å²) in [6.45, 7) is 1.72. The van der Waals surface area contributed by atoms with E-state index in [1.807, 2.05) is 0 Å². The second-order valence-electron chi connectivity index (χ2n) is 7.09. The van der Waals surface area contributed by atoms with Crippen molar-refractivity contribution in [2.75, 3.05) is 11.4 Å². The molecule has 3 aromatic heterocycles. The van der Waals surface area contributed by atoms with Gasteiger partial charge in [0, 0.05) is 26.5 Å². The van der Waals surface area contributed by atoms with E-state index in [0.717, 1.165) is 4.31 Å². The average molecular weight is 484 g/mol. The molecule has 0 spiro atoms. The van der Waals surface area contributed by atoms with Crippen LogP contribution < -0.4 is 19.3 Å². The Morgan fingerprint density at radius 1 is 1.12 bits per heavy atom. The summed E-state index contributed by atoms with van der Waals surface area (Å²) in [7, 11) is -1.10. The second kappa shape index (κ2) is 8.96. The van der Waals surface area contributed by atoms with Crippen molar-refractivity contribution in [3.05, 3.63) is 60.8 Å². The maximum absolute atomic E-state index is 13.5. The Balaban J connectivity index is 1.74.